The molecular weight excluding hydrogens is 194 g/mol. The Morgan fingerprint density at radius 3 is 3.08 bits per heavy atom. The first-order valence-electron chi connectivity index (χ1n) is 3.80. The summed E-state index contributed by atoms with van der Waals surface area (Å²) >= 11 is 7.59. The van der Waals surface area contributed by atoms with E-state index in [0.717, 1.165) is 30.2 Å². The molecule has 0 spiro atoms. The van der Waals surface area contributed by atoms with Gasteiger partial charge in [-0.2, -0.15) is 11.8 Å². The number of nitrogens with two attached hydrogens (primary N) is 1. The van der Waals surface area contributed by atoms with Gasteiger partial charge in [0.15, 0.2) is 5.15 Å². The van der Waals surface area contributed by atoms with Crippen LogP contribution in [-0.2, 0) is 5.75 Å². The highest BCUT2D eigenvalue weighted by molar-refractivity contribution is 7.98. The quantitative estimate of drug-likeness (QED) is 0.719. The fourth-order valence-electron chi connectivity index (χ4n) is 0.765. The van der Waals surface area contributed by atoms with Gasteiger partial charge in [-0.05, 0) is 18.7 Å². The molecular formula is C7H12ClN3S. The zero-order chi connectivity index (χ0) is 8.81. The second kappa shape index (κ2) is 5.45. The minimum absolute atomic E-state index is 0.579. The third-order valence-electron chi connectivity index (χ3n) is 1.40. The highest BCUT2D eigenvalue weighted by Gasteiger charge is 2.01. The van der Waals surface area contributed by atoms with E-state index in [1.807, 2.05) is 11.8 Å². The summed E-state index contributed by atoms with van der Waals surface area (Å²) in [4.78, 5) is 6.87. The summed E-state index contributed by atoms with van der Waals surface area (Å²) in [5.41, 5.74) is 6.36. The number of aromatic nitrogens is 2. The molecule has 0 aromatic carbocycles. The second-order valence-corrected chi connectivity index (χ2v) is 3.83. The van der Waals surface area contributed by atoms with E-state index < -0.39 is 0 Å². The van der Waals surface area contributed by atoms with Crippen LogP contribution in [0, 0.1) is 0 Å². The lowest BCUT2D eigenvalue weighted by atomic mass is 10.5. The van der Waals surface area contributed by atoms with Crippen LogP contribution in [0.2, 0.25) is 5.15 Å². The van der Waals surface area contributed by atoms with Gasteiger partial charge in [-0.1, -0.05) is 11.6 Å². The van der Waals surface area contributed by atoms with Crippen LogP contribution in [-0.4, -0.2) is 22.3 Å². The molecule has 1 heterocycles. The van der Waals surface area contributed by atoms with Gasteiger partial charge in [-0.3, -0.25) is 0 Å². The molecule has 0 aliphatic rings. The number of nitrogens with zero attached hydrogens (tertiary/aromatic N) is 1. The van der Waals surface area contributed by atoms with Crippen molar-refractivity contribution in [2.24, 2.45) is 5.73 Å². The lowest BCUT2D eigenvalue weighted by Crippen LogP contribution is -1.99. The van der Waals surface area contributed by atoms with Crippen molar-refractivity contribution in [1.82, 2.24) is 9.97 Å². The zero-order valence-corrected chi connectivity index (χ0v) is 8.29. The van der Waals surface area contributed by atoms with E-state index in [1.165, 1.54) is 0 Å². The molecule has 12 heavy (non-hydrogen) atoms. The summed E-state index contributed by atoms with van der Waals surface area (Å²) in [6.07, 6.45) is 2.66. The topological polar surface area (TPSA) is 54.7 Å². The number of nitrogens with one attached hydrogen (secondary N) is 1. The maximum Gasteiger partial charge on any atom is 0.150 e. The first kappa shape index (κ1) is 9.89. The Bertz CT molecular complexity index is 226. The predicted octanol–water partition coefficient (Wildman–Crippen LogP) is 1.65. The molecule has 68 valence electrons. The lowest BCUT2D eigenvalue weighted by Gasteiger charge is -1.97. The van der Waals surface area contributed by atoms with Gasteiger partial charge in [0.25, 0.3) is 0 Å². The molecule has 3 N–H and O–H groups in total. The van der Waals surface area contributed by atoms with Crippen molar-refractivity contribution in [2.45, 2.75) is 12.2 Å². The Morgan fingerprint density at radius 2 is 2.50 bits per heavy atom. The Hall–Kier alpha value is -0.190. The first-order valence-corrected chi connectivity index (χ1v) is 5.33. The van der Waals surface area contributed by atoms with Gasteiger partial charge in [-0.15, -0.1) is 0 Å². The third-order valence-corrected chi connectivity index (χ3v) is 2.80. The summed E-state index contributed by atoms with van der Waals surface area (Å²) < 4.78 is 0. The van der Waals surface area contributed by atoms with Crippen molar-refractivity contribution in [3.63, 3.8) is 0 Å². The molecule has 0 aliphatic heterocycles. The van der Waals surface area contributed by atoms with Crippen molar-refractivity contribution in [2.75, 3.05) is 12.3 Å². The van der Waals surface area contributed by atoms with E-state index in [9.17, 15) is 0 Å². The molecule has 1 aromatic rings. The standard InChI is InChI=1S/C7H12ClN3S/c8-7-6(10-5-11-7)4-12-3-1-2-9/h5H,1-4,9H2,(H,10,11). The second-order valence-electron chi connectivity index (χ2n) is 2.37. The van der Waals surface area contributed by atoms with Gasteiger partial charge in [0.05, 0.1) is 12.0 Å². The first-order chi connectivity index (χ1) is 5.84. The van der Waals surface area contributed by atoms with Crippen LogP contribution in [0.5, 0.6) is 0 Å². The third kappa shape index (κ3) is 3.05. The van der Waals surface area contributed by atoms with Crippen LogP contribution >= 0.6 is 23.4 Å². The average molecular weight is 206 g/mol. The van der Waals surface area contributed by atoms with E-state index in [1.54, 1.807) is 6.33 Å². The SMILES string of the molecule is NCCCSCc1[nH]cnc1Cl. The molecule has 1 aromatic heterocycles. The van der Waals surface area contributed by atoms with E-state index in [2.05, 4.69) is 9.97 Å². The van der Waals surface area contributed by atoms with Crippen LogP contribution in [0.3, 0.4) is 0 Å². The monoisotopic (exact) mass is 205 g/mol. The van der Waals surface area contributed by atoms with Gasteiger partial charge in [0, 0.05) is 5.75 Å². The lowest BCUT2D eigenvalue weighted by molar-refractivity contribution is 0.942. The Kier molecular flexibility index (Phi) is 4.50. The number of H-pyrrole nitrogens is 1. The zero-order valence-electron chi connectivity index (χ0n) is 6.72. The number of thioether (sulfide) groups is 1. The Labute approximate surface area is 81.1 Å². The van der Waals surface area contributed by atoms with Crippen LogP contribution < -0.4 is 5.73 Å². The molecule has 0 saturated carbocycles. The molecule has 0 fully saturated rings. The highest BCUT2D eigenvalue weighted by atomic mass is 35.5. The van der Waals surface area contributed by atoms with Crippen molar-refractivity contribution in [3.8, 4) is 0 Å². The van der Waals surface area contributed by atoms with E-state index in [0.29, 0.717) is 5.15 Å². The molecule has 1 rings (SSSR count). The summed E-state index contributed by atoms with van der Waals surface area (Å²) in [6.45, 7) is 0.754. The number of halogens is 1. The van der Waals surface area contributed by atoms with Gasteiger partial charge in [0.2, 0.25) is 0 Å². The van der Waals surface area contributed by atoms with Gasteiger partial charge in [-0.25, -0.2) is 4.98 Å². The maximum atomic E-state index is 5.77. The van der Waals surface area contributed by atoms with E-state index in [4.69, 9.17) is 17.3 Å². The molecule has 0 saturated heterocycles. The number of aromatic amines is 1. The summed E-state index contributed by atoms with van der Waals surface area (Å²) in [6, 6.07) is 0. The normalized spacial score (nSPS) is 10.5. The van der Waals surface area contributed by atoms with Crippen LogP contribution in [0.1, 0.15) is 12.1 Å². The predicted molar refractivity (Wildman–Crippen MR) is 53.4 cm³/mol. The van der Waals surface area contributed by atoms with Crippen molar-refractivity contribution < 1.29 is 0 Å². The summed E-state index contributed by atoms with van der Waals surface area (Å²) in [5.74, 6) is 1.96. The van der Waals surface area contributed by atoms with E-state index >= 15 is 0 Å². The number of hydrogen-bond donors (Lipinski definition) is 2. The highest BCUT2D eigenvalue weighted by Crippen LogP contribution is 2.16. The van der Waals surface area contributed by atoms with Crippen molar-refractivity contribution in [1.29, 1.82) is 0 Å². The molecule has 0 atom stereocenters. The number of imidazole rings is 1. The van der Waals surface area contributed by atoms with Crippen molar-refractivity contribution >= 4 is 23.4 Å². The summed E-state index contributed by atoms with van der Waals surface area (Å²) in [7, 11) is 0. The van der Waals surface area contributed by atoms with Gasteiger partial charge < -0.3 is 10.7 Å². The number of rotatable bonds is 5. The fourth-order valence-corrected chi connectivity index (χ4v) is 1.95. The fraction of sp³-hybridized carbons (Fsp3) is 0.571. The Balaban J connectivity index is 2.20. The van der Waals surface area contributed by atoms with Gasteiger partial charge >= 0.3 is 0 Å². The summed E-state index contributed by atoms with van der Waals surface area (Å²) in [5, 5.41) is 0.579. The maximum absolute atomic E-state index is 5.77. The van der Waals surface area contributed by atoms with Crippen molar-refractivity contribution in [3.05, 3.63) is 17.2 Å². The molecule has 5 heteroatoms. The molecule has 0 radical (unpaired) electrons. The van der Waals surface area contributed by atoms with Crippen LogP contribution in [0.4, 0.5) is 0 Å². The van der Waals surface area contributed by atoms with Crippen LogP contribution in [0.25, 0.3) is 0 Å². The molecule has 0 aliphatic carbocycles. The molecule has 0 unspecified atom stereocenters. The minimum atomic E-state index is 0.579. The average Bonchev–Trinajstić information content (AvgIpc) is 2.46. The largest absolute Gasteiger partial charge is 0.347 e. The van der Waals surface area contributed by atoms with E-state index in [-0.39, 0.29) is 0 Å². The minimum Gasteiger partial charge on any atom is -0.347 e. The Morgan fingerprint density at radius 1 is 1.67 bits per heavy atom. The number of hydrogen-bond acceptors (Lipinski definition) is 3. The smallest absolute Gasteiger partial charge is 0.150 e. The van der Waals surface area contributed by atoms with Crippen LogP contribution in [0.15, 0.2) is 6.33 Å². The molecule has 3 nitrogen and oxygen atoms in total. The molecule has 0 bridgehead atoms. The molecule has 0 amide bonds. The van der Waals surface area contributed by atoms with Gasteiger partial charge in [0.1, 0.15) is 0 Å².